The van der Waals surface area contributed by atoms with Crippen LogP contribution in [0.3, 0.4) is 0 Å². The molecule has 0 unspecified atom stereocenters. The molecule has 0 aromatic heterocycles. The molecule has 1 atom stereocenters. The first kappa shape index (κ1) is 13.6. The molecule has 1 amide bonds. The van der Waals surface area contributed by atoms with Crippen LogP contribution < -0.4 is 4.90 Å². The van der Waals surface area contributed by atoms with E-state index in [0.717, 1.165) is 12.1 Å². The van der Waals surface area contributed by atoms with Gasteiger partial charge in [0.25, 0.3) is 0 Å². The van der Waals surface area contributed by atoms with E-state index in [1.807, 2.05) is 23.1 Å². The van der Waals surface area contributed by atoms with Crippen LogP contribution in [0, 0.1) is 6.92 Å². The first-order valence-electron chi connectivity index (χ1n) is 7.28. The summed E-state index contributed by atoms with van der Waals surface area (Å²) in [6.45, 7) is 3.72. The van der Waals surface area contributed by atoms with Gasteiger partial charge in [0.1, 0.15) is 0 Å². The molecule has 1 aliphatic heterocycles. The summed E-state index contributed by atoms with van der Waals surface area (Å²) in [4.78, 5) is 13.9. The van der Waals surface area contributed by atoms with E-state index in [2.05, 4.69) is 49.4 Å². The molecule has 0 aliphatic carbocycles. The van der Waals surface area contributed by atoms with E-state index in [1.54, 1.807) is 6.92 Å². The zero-order valence-electron chi connectivity index (χ0n) is 12.4. The van der Waals surface area contributed by atoms with Crippen LogP contribution in [0.25, 0.3) is 6.08 Å². The number of aryl methyl sites for hydroxylation is 1. The zero-order valence-corrected chi connectivity index (χ0v) is 12.4. The fourth-order valence-electron chi connectivity index (χ4n) is 2.97. The van der Waals surface area contributed by atoms with Gasteiger partial charge in [-0.1, -0.05) is 60.2 Å². The van der Waals surface area contributed by atoms with Gasteiger partial charge in [0.2, 0.25) is 5.91 Å². The van der Waals surface area contributed by atoms with Gasteiger partial charge >= 0.3 is 0 Å². The molecule has 0 fully saturated rings. The average Bonchev–Trinajstić information content (AvgIpc) is 2.83. The lowest BCUT2D eigenvalue weighted by molar-refractivity contribution is -0.116. The summed E-state index contributed by atoms with van der Waals surface area (Å²) in [7, 11) is 0. The predicted molar refractivity (Wildman–Crippen MR) is 87.3 cm³/mol. The van der Waals surface area contributed by atoms with Crippen molar-refractivity contribution >= 4 is 17.7 Å². The number of hydrogen-bond acceptors (Lipinski definition) is 1. The number of anilines is 1. The number of fused-ring (bicyclic) bond motifs is 1. The molecule has 0 spiro atoms. The smallest absolute Gasteiger partial charge is 0.224 e. The molecule has 1 aliphatic rings. The van der Waals surface area contributed by atoms with Crippen molar-refractivity contribution in [3.05, 3.63) is 71.3 Å². The van der Waals surface area contributed by atoms with Gasteiger partial charge in [0, 0.05) is 12.6 Å². The van der Waals surface area contributed by atoms with Gasteiger partial charge < -0.3 is 4.90 Å². The Bertz CT molecular complexity index is 702. The lowest BCUT2D eigenvalue weighted by Gasteiger charge is -2.21. The van der Waals surface area contributed by atoms with Crippen LogP contribution in [0.2, 0.25) is 0 Å². The highest BCUT2D eigenvalue weighted by atomic mass is 16.2. The molecule has 3 rings (SSSR count). The number of amides is 1. The predicted octanol–water partition coefficient (Wildman–Crippen LogP) is 3.99. The maximum absolute atomic E-state index is 12.0. The Morgan fingerprint density at radius 1 is 1.19 bits per heavy atom. The minimum atomic E-state index is 0.0962. The largest absolute Gasteiger partial charge is 0.305 e. The van der Waals surface area contributed by atoms with Crippen LogP contribution in [0.1, 0.15) is 23.6 Å². The minimum Gasteiger partial charge on any atom is -0.305 e. The highest BCUT2D eigenvalue weighted by Gasteiger charge is 2.29. The fraction of sp³-hybridized carbons (Fsp3) is 0.211. The summed E-state index contributed by atoms with van der Waals surface area (Å²) in [6, 6.07) is 16.6. The van der Waals surface area contributed by atoms with E-state index in [1.165, 1.54) is 16.7 Å². The van der Waals surface area contributed by atoms with Gasteiger partial charge in [0.05, 0.1) is 6.04 Å². The second-order valence-electron chi connectivity index (χ2n) is 5.56. The van der Waals surface area contributed by atoms with Crippen molar-refractivity contribution < 1.29 is 4.79 Å². The van der Waals surface area contributed by atoms with Crippen molar-refractivity contribution in [3.63, 3.8) is 0 Å². The van der Waals surface area contributed by atoms with Gasteiger partial charge in [0.15, 0.2) is 0 Å². The van der Waals surface area contributed by atoms with Crippen LogP contribution in [-0.2, 0) is 11.2 Å². The second-order valence-corrected chi connectivity index (χ2v) is 5.56. The summed E-state index contributed by atoms with van der Waals surface area (Å²) in [5.74, 6) is 0.0962. The number of benzene rings is 2. The van der Waals surface area contributed by atoms with Gasteiger partial charge in [-0.3, -0.25) is 4.79 Å². The number of rotatable bonds is 2. The van der Waals surface area contributed by atoms with Crippen molar-refractivity contribution in [3.8, 4) is 0 Å². The standard InChI is InChI=1S/C19H19NO/c1-14-6-5-7-16(12-14)10-11-18-13-17-8-3-4-9-19(17)20(18)15(2)21/h3-12,18H,13H2,1-2H3/b11-10+/t18-/m1/s1. The van der Waals surface area contributed by atoms with Crippen LogP contribution >= 0.6 is 0 Å². The Hall–Kier alpha value is -2.35. The Morgan fingerprint density at radius 2 is 2.00 bits per heavy atom. The summed E-state index contributed by atoms with van der Waals surface area (Å²) in [5.41, 5.74) is 4.71. The second kappa shape index (κ2) is 5.57. The lowest BCUT2D eigenvalue weighted by atomic mass is 10.1. The minimum absolute atomic E-state index is 0.0962. The summed E-state index contributed by atoms with van der Waals surface area (Å²) < 4.78 is 0. The molecule has 0 N–H and O–H groups in total. The molecular formula is C19H19NO. The molecule has 21 heavy (non-hydrogen) atoms. The van der Waals surface area contributed by atoms with Crippen LogP contribution in [-0.4, -0.2) is 11.9 Å². The van der Waals surface area contributed by atoms with E-state index in [-0.39, 0.29) is 11.9 Å². The molecule has 0 radical (unpaired) electrons. The molecule has 2 nitrogen and oxygen atoms in total. The van der Waals surface area contributed by atoms with E-state index in [0.29, 0.717) is 0 Å². The maximum atomic E-state index is 12.0. The van der Waals surface area contributed by atoms with Gasteiger partial charge in [-0.2, -0.15) is 0 Å². The fourth-order valence-corrected chi connectivity index (χ4v) is 2.97. The molecule has 2 heteroatoms. The van der Waals surface area contributed by atoms with E-state index < -0.39 is 0 Å². The molecule has 106 valence electrons. The lowest BCUT2D eigenvalue weighted by Crippen LogP contribution is -2.34. The van der Waals surface area contributed by atoms with Crippen LogP contribution in [0.15, 0.2) is 54.6 Å². The van der Waals surface area contributed by atoms with Gasteiger partial charge in [-0.15, -0.1) is 0 Å². The zero-order chi connectivity index (χ0) is 14.8. The number of nitrogens with zero attached hydrogens (tertiary/aromatic N) is 1. The van der Waals surface area contributed by atoms with Gasteiger partial charge in [-0.25, -0.2) is 0 Å². The highest BCUT2D eigenvalue weighted by Crippen LogP contribution is 2.32. The van der Waals surface area contributed by atoms with Gasteiger partial charge in [-0.05, 0) is 30.5 Å². The molecule has 2 aromatic rings. The first-order chi connectivity index (χ1) is 10.1. The molecular weight excluding hydrogens is 258 g/mol. The Labute approximate surface area is 125 Å². The number of hydrogen-bond donors (Lipinski definition) is 0. The Morgan fingerprint density at radius 3 is 2.76 bits per heavy atom. The van der Waals surface area contributed by atoms with E-state index in [4.69, 9.17) is 0 Å². The third-order valence-electron chi connectivity index (χ3n) is 3.90. The van der Waals surface area contributed by atoms with E-state index in [9.17, 15) is 4.79 Å². The van der Waals surface area contributed by atoms with Crippen molar-refractivity contribution in [1.29, 1.82) is 0 Å². The number of para-hydroxylation sites is 1. The van der Waals surface area contributed by atoms with Crippen molar-refractivity contribution in [2.45, 2.75) is 26.3 Å². The summed E-state index contributed by atoms with van der Waals surface area (Å²) in [6.07, 6.45) is 5.13. The maximum Gasteiger partial charge on any atom is 0.224 e. The Kier molecular flexibility index (Phi) is 3.61. The molecule has 2 aromatic carbocycles. The normalized spacial score (nSPS) is 17.2. The van der Waals surface area contributed by atoms with Crippen LogP contribution in [0.5, 0.6) is 0 Å². The highest BCUT2D eigenvalue weighted by molar-refractivity contribution is 5.95. The third kappa shape index (κ3) is 2.75. The third-order valence-corrected chi connectivity index (χ3v) is 3.90. The molecule has 0 saturated carbocycles. The average molecular weight is 277 g/mol. The number of carbonyl (C=O) groups is 1. The summed E-state index contributed by atoms with van der Waals surface area (Å²) >= 11 is 0. The van der Waals surface area contributed by atoms with Crippen molar-refractivity contribution in [1.82, 2.24) is 0 Å². The van der Waals surface area contributed by atoms with Crippen molar-refractivity contribution in [2.75, 3.05) is 4.90 Å². The topological polar surface area (TPSA) is 20.3 Å². The van der Waals surface area contributed by atoms with Crippen LogP contribution in [0.4, 0.5) is 5.69 Å². The Balaban J connectivity index is 1.88. The molecule has 0 saturated heterocycles. The number of carbonyl (C=O) groups excluding carboxylic acids is 1. The monoisotopic (exact) mass is 277 g/mol. The first-order valence-corrected chi connectivity index (χ1v) is 7.28. The molecule has 1 heterocycles. The van der Waals surface area contributed by atoms with Crippen molar-refractivity contribution in [2.24, 2.45) is 0 Å². The van der Waals surface area contributed by atoms with E-state index >= 15 is 0 Å². The summed E-state index contributed by atoms with van der Waals surface area (Å²) in [5, 5.41) is 0. The molecule has 0 bridgehead atoms. The quantitative estimate of drug-likeness (QED) is 0.813. The SMILES string of the molecule is CC(=O)N1c2ccccc2C[C@H]1/C=C/c1cccc(C)c1.